The molecule has 0 atom stereocenters. The molecule has 1 heterocycles. The van der Waals surface area contributed by atoms with Crippen LogP contribution in [0.4, 0.5) is 18.3 Å². The molecule has 0 aliphatic heterocycles. The third-order valence-corrected chi connectivity index (χ3v) is 3.47. The molecule has 0 aliphatic rings. The molecular formula is C13H14F3N3S. The van der Waals surface area contributed by atoms with Crippen LogP contribution in [0.5, 0.6) is 0 Å². The number of nitrogens with two attached hydrogens (primary N) is 1. The molecule has 2 rings (SSSR count). The molecule has 0 spiro atoms. The average Bonchev–Trinajstić information content (AvgIpc) is 2.86. The van der Waals surface area contributed by atoms with Crippen molar-refractivity contribution in [1.82, 2.24) is 4.98 Å². The lowest BCUT2D eigenvalue weighted by Crippen LogP contribution is -2.14. The van der Waals surface area contributed by atoms with Gasteiger partial charge in [0, 0.05) is 24.0 Å². The Morgan fingerprint density at radius 3 is 2.50 bits per heavy atom. The van der Waals surface area contributed by atoms with Crippen molar-refractivity contribution in [1.29, 1.82) is 0 Å². The number of thiazole rings is 1. The van der Waals surface area contributed by atoms with E-state index in [9.17, 15) is 13.2 Å². The summed E-state index contributed by atoms with van der Waals surface area (Å²) in [5.41, 5.74) is 8.20. The van der Waals surface area contributed by atoms with Gasteiger partial charge < -0.3 is 11.1 Å². The largest absolute Gasteiger partial charge is 0.390 e. The maximum atomic E-state index is 12.0. The van der Waals surface area contributed by atoms with Crippen LogP contribution in [0.25, 0.3) is 11.3 Å². The summed E-state index contributed by atoms with van der Waals surface area (Å²) in [4.78, 5) is 4.26. The number of benzene rings is 1. The highest BCUT2D eigenvalue weighted by atomic mass is 32.1. The van der Waals surface area contributed by atoms with E-state index in [1.807, 2.05) is 29.6 Å². The van der Waals surface area contributed by atoms with Crippen LogP contribution < -0.4 is 11.1 Å². The first kappa shape index (κ1) is 14.8. The maximum Gasteiger partial charge on any atom is 0.390 e. The SMILES string of the molecule is NCc1ccc(-c2csc(NCCC(F)(F)F)n2)cc1. The van der Waals surface area contributed by atoms with Crippen molar-refractivity contribution in [2.24, 2.45) is 5.73 Å². The molecule has 0 saturated carbocycles. The van der Waals surface area contributed by atoms with Gasteiger partial charge in [-0.05, 0) is 5.56 Å². The number of hydrogen-bond acceptors (Lipinski definition) is 4. The first-order valence-electron chi connectivity index (χ1n) is 6.03. The van der Waals surface area contributed by atoms with E-state index < -0.39 is 12.6 Å². The Hall–Kier alpha value is -1.60. The molecule has 0 saturated heterocycles. The van der Waals surface area contributed by atoms with E-state index in [-0.39, 0.29) is 6.54 Å². The van der Waals surface area contributed by atoms with Gasteiger partial charge in [0.2, 0.25) is 0 Å². The van der Waals surface area contributed by atoms with Gasteiger partial charge >= 0.3 is 6.18 Å². The molecule has 3 nitrogen and oxygen atoms in total. The molecular weight excluding hydrogens is 287 g/mol. The molecule has 0 radical (unpaired) electrons. The van der Waals surface area contributed by atoms with Crippen LogP contribution in [0.3, 0.4) is 0 Å². The van der Waals surface area contributed by atoms with Crippen LogP contribution in [-0.4, -0.2) is 17.7 Å². The summed E-state index contributed by atoms with van der Waals surface area (Å²) in [6.45, 7) is 0.310. The fraction of sp³-hybridized carbons (Fsp3) is 0.308. The standard InChI is InChI=1S/C13H14F3N3S/c14-13(15,16)5-6-18-12-19-11(8-20-12)10-3-1-9(7-17)2-4-10/h1-4,8H,5-7,17H2,(H,18,19). The zero-order valence-corrected chi connectivity index (χ0v) is 11.4. The first-order chi connectivity index (χ1) is 9.48. The van der Waals surface area contributed by atoms with Crippen molar-refractivity contribution in [3.63, 3.8) is 0 Å². The van der Waals surface area contributed by atoms with Gasteiger partial charge in [0.05, 0.1) is 12.1 Å². The quantitative estimate of drug-likeness (QED) is 0.886. The van der Waals surface area contributed by atoms with E-state index in [1.165, 1.54) is 11.3 Å². The normalized spacial score (nSPS) is 11.6. The van der Waals surface area contributed by atoms with Crippen LogP contribution in [-0.2, 0) is 6.54 Å². The molecule has 0 bridgehead atoms. The Balaban J connectivity index is 1.97. The van der Waals surface area contributed by atoms with Crippen molar-refractivity contribution in [2.75, 3.05) is 11.9 Å². The average molecular weight is 301 g/mol. The second-order valence-corrected chi connectivity index (χ2v) is 5.09. The van der Waals surface area contributed by atoms with E-state index in [4.69, 9.17) is 5.73 Å². The Bertz CT molecular complexity index is 549. The fourth-order valence-electron chi connectivity index (χ4n) is 1.61. The van der Waals surface area contributed by atoms with Crippen molar-refractivity contribution < 1.29 is 13.2 Å². The fourth-order valence-corrected chi connectivity index (χ4v) is 2.36. The van der Waals surface area contributed by atoms with E-state index in [2.05, 4.69) is 10.3 Å². The van der Waals surface area contributed by atoms with Gasteiger partial charge in [-0.1, -0.05) is 24.3 Å². The Morgan fingerprint density at radius 1 is 1.20 bits per heavy atom. The molecule has 0 amide bonds. The number of alkyl halides is 3. The Kier molecular flexibility index (Phi) is 4.61. The highest BCUT2D eigenvalue weighted by molar-refractivity contribution is 7.14. The van der Waals surface area contributed by atoms with Gasteiger partial charge in [-0.3, -0.25) is 0 Å². The molecule has 0 aliphatic carbocycles. The zero-order valence-electron chi connectivity index (χ0n) is 10.6. The number of anilines is 1. The first-order valence-corrected chi connectivity index (χ1v) is 6.91. The minimum Gasteiger partial charge on any atom is -0.361 e. The maximum absolute atomic E-state index is 12.0. The molecule has 1 aromatic heterocycles. The van der Waals surface area contributed by atoms with Crippen LogP contribution in [0.2, 0.25) is 0 Å². The summed E-state index contributed by atoms with van der Waals surface area (Å²) in [5, 5.41) is 4.99. The van der Waals surface area contributed by atoms with Gasteiger partial charge in [0.1, 0.15) is 0 Å². The van der Waals surface area contributed by atoms with Gasteiger partial charge in [0.15, 0.2) is 5.13 Å². The van der Waals surface area contributed by atoms with E-state index in [1.54, 1.807) is 0 Å². The van der Waals surface area contributed by atoms with E-state index in [0.29, 0.717) is 11.7 Å². The number of hydrogen-bond donors (Lipinski definition) is 2. The van der Waals surface area contributed by atoms with Crippen LogP contribution in [0.1, 0.15) is 12.0 Å². The predicted molar refractivity (Wildman–Crippen MR) is 74.6 cm³/mol. The molecule has 1 aromatic carbocycles. The summed E-state index contributed by atoms with van der Waals surface area (Å²) < 4.78 is 36.1. The van der Waals surface area contributed by atoms with E-state index in [0.717, 1.165) is 16.8 Å². The number of aromatic nitrogens is 1. The van der Waals surface area contributed by atoms with Crippen molar-refractivity contribution in [3.8, 4) is 11.3 Å². The van der Waals surface area contributed by atoms with Crippen molar-refractivity contribution in [2.45, 2.75) is 19.1 Å². The molecule has 7 heteroatoms. The predicted octanol–water partition coefficient (Wildman–Crippen LogP) is 3.63. The van der Waals surface area contributed by atoms with Crippen LogP contribution in [0.15, 0.2) is 29.6 Å². The third-order valence-electron chi connectivity index (χ3n) is 2.67. The minimum atomic E-state index is -4.15. The lowest BCUT2D eigenvalue weighted by atomic mass is 10.1. The van der Waals surface area contributed by atoms with Crippen LogP contribution in [0, 0.1) is 0 Å². The van der Waals surface area contributed by atoms with Crippen molar-refractivity contribution >= 4 is 16.5 Å². The van der Waals surface area contributed by atoms with Gasteiger partial charge in [-0.25, -0.2) is 4.98 Å². The number of nitrogens with one attached hydrogen (secondary N) is 1. The van der Waals surface area contributed by atoms with Crippen molar-refractivity contribution in [3.05, 3.63) is 35.2 Å². The van der Waals surface area contributed by atoms with E-state index >= 15 is 0 Å². The lowest BCUT2D eigenvalue weighted by molar-refractivity contribution is -0.131. The smallest absolute Gasteiger partial charge is 0.361 e. The molecule has 2 aromatic rings. The Labute approximate surface area is 118 Å². The molecule has 20 heavy (non-hydrogen) atoms. The molecule has 108 valence electrons. The number of halogens is 3. The summed E-state index contributed by atoms with van der Waals surface area (Å²) in [5.74, 6) is 0. The second-order valence-electron chi connectivity index (χ2n) is 4.23. The molecule has 3 N–H and O–H groups in total. The second kappa shape index (κ2) is 6.23. The Morgan fingerprint density at radius 2 is 1.90 bits per heavy atom. The molecule has 0 fully saturated rings. The van der Waals surface area contributed by atoms with Crippen LogP contribution >= 0.6 is 11.3 Å². The summed E-state index contributed by atoms with van der Waals surface area (Å²) >= 11 is 1.29. The number of nitrogens with zero attached hydrogens (tertiary/aromatic N) is 1. The summed E-state index contributed by atoms with van der Waals surface area (Å²) in [7, 11) is 0. The minimum absolute atomic E-state index is 0.164. The lowest BCUT2D eigenvalue weighted by Gasteiger charge is -2.06. The molecule has 0 unspecified atom stereocenters. The van der Waals surface area contributed by atoms with Gasteiger partial charge in [-0.2, -0.15) is 13.2 Å². The van der Waals surface area contributed by atoms with Gasteiger partial charge in [0.25, 0.3) is 0 Å². The summed E-state index contributed by atoms with van der Waals surface area (Å²) in [6, 6.07) is 7.62. The highest BCUT2D eigenvalue weighted by Crippen LogP contribution is 2.26. The summed E-state index contributed by atoms with van der Waals surface area (Å²) in [6.07, 6.45) is -5.02. The third kappa shape index (κ3) is 4.21. The monoisotopic (exact) mass is 301 g/mol. The highest BCUT2D eigenvalue weighted by Gasteiger charge is 2.26. The van der Waals surface area contributed by atoms with Gasteiger partial charge in [-0.15, -0.1) is 11.3 Å². The zero-order chi connectivity index (χ0) is 14.6. The number of rotatable bonds is 5. The topological polar surface area (TPSA) is 50.9 Å².